The second-order valence-electron chi connectivity index (χ2n) is 6.90. The van der Waals surface area contributed by atoms with Crippen LogP contribution in [0, 0.1) is 5.92 Å². The third kappa shape index (κ3) is 6.53. The van der Waals surface area contributed by atoms with Crippen LogP contribution < -0.4 is 10.6 Å². The third-order valence-electron chi connectivity index (χ3n) is 4.78. The van der Waals surface area contributed by atoms with Gasteiger partial charge in [0.05, 0.1) is 0 Å². The van der Waals surface area contributed by atoms with Crippen LogP contribution in [-0.2, 0) is 0 Å². The van der Waals surface area contributed by atoms with Crippen LogP contribution in [0.1, 0.15) is 39.0 Å². The van der Waals surface area contributed by atoms with Gasteiger partial charge in [0, 0.05) is 33.2 Å². The fourth-order valence-corrected chi connectivity index (χ4v) is 3.48. The molecule has 2 saturated heterocycles. The fraction of sp³-hybridized carbons (Fsp3) is 0.941. The summed E-state index contributed by atoms with van der Waals surface area (Å²) in [5.41, 5.74) is 0. The topological polar surface area (TPSA) is 42.9 Å². The summed E-state index contributed by atoms with van der Waals surface area (Å²) < 4.78 is 0. The van der Waals surface area contributed by atoms with Gasteiger partial charge in [-0.15, -0.1) is 0 Å². The Labute approximate surface area is 136 Å². The number of aliphatic imine (C=N–C) groups is 1. The maximum absolute atomic E-state index is 4.34. The predicted molar refractivity (Wildman–Crippen MR) is 94.5 cm³/mol. The Morgan fingerprint density at radius 3 is 2.27 bits per heavy atom. The largest absolute Gasteiger partial charge is 0.356 e. The van der Waals surface area contributed by atoms with Gasteiger partial charge in [0.2, 0.25) is 0 Å². The normalized spacial score (nSPS) is 22.7. The summed E-state index contributed by atoms with van der Waals surface area (Å²) >= 11 is 0. The molecule has 0 aromatic heterocycles. The molecule has 2 rings (SSSR count). The highest BCUT2D eigenvalue weighted by molar-refractivity contribution is 5.79. The first-order valence-corrected chi connectivity index (χ1v) is 9.17. The molecule has 0 aromatic rings. The Morgan fingerprint density at radius 2 is 1.59 bits per heavy atom. The Kier molecular flexibility index (Phi) is 8.02. The summed E-state index contributed by atoms with van der Waals surface area (Å²) in [4.78, 5) is 9.47. The van der Waals surface area contributed by atoms with Crippen LogP contribution in [0.3, 0.4) is 0 Å². The monoisotopic (exact) mass is 309 g/mol. The molecule has 0 saturated carbocycles. The Hall–Kier alpha value is -0.810. The lowest BCUT2D eigenvalue weighted by atomic mass is 10.1. The van der Waals surface area contributed by atoms with E-state index in [0.717, 1.165) is 25.6 Å². The second kappa shape index (κ2) is 10.1. The molecule has 0 aromatic carbocycles. The summed E-state index contributed by atoms with van der Waals surface area (Å²) in [7, 11) is 1.86. The van der Waals surface area contributed by atoms with E-state index >= 15 is 0 Å². The molecule has 2 heterocycles. The molecular formula is C17H35N5. The van der Waals surface area contributed by atoms with Crippen LogP contribution >= 0.6 is 0 Å². The maximum atomic E-state index is 4.34. The van der Waals surface area contributed by atoms with E-state index < -0.39 is 0 Å². The third-order valence-corrected chi connectivity index (χ3v) is 4.78. The van der Waals surface area contributed by atoms with Gasteiger partial charge in [0.1, 0.15) is 0 Å². The first kappa shape index (κ1) is 17.5. The molecule has 0 bridgehead atoms. The van der Waals surface area contributed by atoms with Crippen LogP contribution in [0.2, 0.25) is 0 Å². The number of rotatable bonds is 7. The van der Waals surface area contributed by atoms with Crippen LogP contribution in [0.15, 0.2) is 4.99 Å². The molecule has 2 N–H and O–H groups in total. The molecule has 2 aliphatic heterocycles. The summed E-state index contributed by atoms with van der Waals surface area (Å²) in [6.45, 7) is 11.7. The first-order valence-electron chi connectivity index (χ1n) is 9.17. The predicted octanol–water partition coefficient (Wildman–Crippen LogP) is 1.37. The highest BCUT2D eigenvalue weighted by Gasteiger charge is 2.15. The van der Waals surface area contributed by atoms with E-state index in [9.17, 15) is 0 Å². The van der Waals surface area contributed by atoms with Gasteiger partial charge in [-0.2, -0.15) is 0 Å². The van der Waals surface area contributed by atoms with E-state index in [1.165, 1.54) is 64.8 Å². The maximum Gasteiger partial charge on any atom is 0.191 e. The molecule has 2 aliphatic rings. The number of nitrogens with zero attached hydrogens (tertiary/aromatic N) is 3. The number of likely N-dealkylation sites (tertiary alicyclic amines) is 2. The van der Waals surface area contributed by atoms with E-state index in [-0.39, 0.29) is 0 Å². The van der Waals surface area contributed by atoms with Gasteiger partial charge in [-0.25, -0.2) is 0 Å². The van der Waals surface area contributed by atoms with Crippen LogP contribution in [0.5, 0.6) is 0 Å². The van der Waals surface area contributed by atoms with Gasteiger partial charge < -0.3 is 20.4 Å². The number of piperidine rings is 1. The van der Waals surface area contributed by atoms with Crippen LogP contribution in [0.25, 0.3) is 0 Å². The number of guanidine groups is 1. The van der Waals surface area contributed by atoms with Crippen molar-refractivity contribution in [3.63, 3.8) is 0 Å². The molecule has 2 fully saturated rings. The van der Waals surface area contributed by atoms with E-state index in [0.29, 0.717) is 5.92 Å². The summed E-state index contributed by atoms with van der Waals surface area (Å²) in [6.07, 6.45) is 6.88. The minimum atomic E-state index is 0.666. The lowest BCUT2D eigenvalue weighted by Gasteiger charge is -2.27. The lowest BCUT2D eigenvalue weighted by molar-refractivity contribution is 0.232. The Morgan fingerprint density at radius 1 is 0.955 bits per heavy atom. The Bertz CT molecular complexity index is 319. The zero-order valence-electron chi connectivity index (χ0n) is 14.6. The van der Waals surface area contributed by atoms with Gasteiger partial charge in [-0.05, 0) is 57.8 Å². The Balaban J connectivity index is 1.55. The van der Waals surface area contributed by atoms with Crippen molar-refractivity contribution in [1.29, 1.82) is 0 Å². The van der Waals surface area contributed by atoms with E-state index in [1.54, 1.807) is 0 Å². The summed E-state index contributed by atoms with van der Waals surface area (Å²) in [5.74, 6) is 1.61. The van der Waals surface area contributed by atoms with Crippen molar-refractivity contribution >= 4 is 5.96 Å². The highest BCUT2D eigenvalue weighted by Crippen LogP contribution is 2.09. The molecule has 1 unspecified atom stereocenters. The quantitative estimate of drug-likeness (QED) is 0.551. The van der Waals surface area contributed by atoms with E-state index in [1.807, 2.05) is 7.05 Å². The van der Waals surface area contributed by atoms with Gasteiger partial charge in [-0.3, -0.25) is 4.99 Å². The minimum absolute atomic E-state index is 0.666. The molecular weight excluding hydrogens is 274 g/mol. The molecule has 0 radical (unpaired) electrons. The molecule has 5 nitrogen and oxygen atoms in total. The van der Waals surface area contributed by atoms with Gasteiger partial charge in [-0.1, -0.05) is 13.3 Å². The number of hydrogen-bond donors (Lipinski definition) is 2. The van der Waals surface area contributed by atoms with Crippen LogP contribution in [0.4, 0.5) is 0 Å². The van der Waals surface area contributed by atoms with Crippen molar-refractivity contribution in [3.05, 3.63) is 0 Å². The van der Waals surface area contributed by atoms with Crippen LogP contribution in [-0.4, -0.2) is 75.2 Å². The second-order valence-corrected chi connectivity index (χ2v) is 6.90. The summed E-state index contributed by atoms with van der Waals surface area (Å²) in [6, 6.07) is 0. The average molecular weight is 310 g/mol. The zero-order chi connectivity index (χ0) is 15.6. The molecule has 0 spiro atoms. The van der Waals surface area contributed by atoms with Gasteiger partial charge >= 0.3 is 0 Å². The van der Waals surface area contributed by atoms with Crippen molar-refractivity contribution in [3.8, 4) is 0 Å². The van der Waals surface area contributed by atoms with E-state index in [2.05, 4.69) is 32.3 Å². The van der Waals surface area contributed by atoms with E-state index in [4.69, 9.17) is 0 Å². The molecule has 1 atom stereocenters. The molecule has 22 heavy (non-hydrogen) atoms. The van der Waals surface area contributed by atoms with Crippen molar-refractivity contribution in [2.75, 3.05) is 59.4 Å². The van der Waals surface area contributed by atoms with Gasteiger partial charge in [0.15, 0.2) is 5.96 Å². The molecule has 5 heteroatoms. The first-order chi connectivity index (χ1) is 10.8. The average Bonchev–Trinajstić information content (AvgIpc) is 3.04. The van der Waals surface area contributed by atoms with Crippen molar-refractivity contribution < 1.29 is 0 Å². The smallest absolute Gasteiger partial charge is 0.191 e. The van der Waals surface area contributed by atoms with Crippen molar-refractivity contribution in [2.24, 2.45) is 10.9 Å². The molecule has 0 amide bonds. The minimum Gasteiger partial charge on any atom is -0.356 e. The fourth-order valence-electron chi connectivity index (χ4n) is 3.48. The van der Waals surface area contributed by atoms with Crippen molar-refractivity contribution in [1.82, 2.24) is 20.4 Å². The molecule has 0 aliphatic carbocycles. The lowest BCUT2D eigenvalue weighted by Crippen LogP contribution is -2.44. The van der Waals surface area contributed by atoms with Crippen molar-refractivity contribution in [2.45, 2.75) is 39.0 Å². The standard InChI is InChI=1S/C17H35N5/c1-16(15-22-11-6-7-12-22)14-20-17(18-2)19-8-13-21-9-4-3-5-10-21/h16H,3-15H2,1-2H3,(H2,18,19,20). The zero-order valence-corrected chi connectivity index (χ0v) is 14.6. The number of nitrogens with one attached hydrogen (secondary N) is 2. The SMILES string of the molecule is CN=C(NCCN1CCCCC1)NCC(C)CN1CCCC1. The molecule has 128 valence electrons. The van der Waals surface area contributed by atoms with Gasteiger partial charge in [0.25, 0.3) is 0 Å². The highest BCUT2D eigenvalue weighted by atomic mass is 15.2. The summed E-state index contributed by atoms with van der Waals surface area (Å²) in [5, 5.41) is 6.92. The number of hydrogen-bond acceptors (Lipinski definition) is 3.